The molecule has 3 fully saturated rings. The van der Waals surface area contributed by atoms with Crippen molar-refractivity contribution in [2.24, 2.45) is 40.2 Å². The van der Waals surface area contributed by atoms with Crippen molar-refractivity contribution in [2.45, 2.75) is 58.4 Å². The lowest BCUT2D eigenvalue weighted by atomic mass is 9.47. The first-order valence-corrected chi connectivity index (χ1v) is 11.4. The third-order valence-corrected chi connectivity index (χ3v) is 9.33. The van der Waals surface area contributed by atoms with Crippen molar-refractivity contribution < 1.29 is 14.7 Å². The fourth-order valence-electron chi connectivity index (χ4n) is 7.89. The average Bonchev–Trinajstić information content (AvgIpc) is 3.07. The predicted octanol–water partition coefficient (Wildman–Crippen LogP) is 4.01. The van der Waals surface area contributed by atoms with Gasteiger partial charge in [0.2, 0.25) is 5.91 Å². The lowest BCUT2D eigenvalue weighted by Gasteiger charge is -2.60. The Balaban J connectivity index is 1.49. The molecule has 2 amide bonds. The number of fused-ring (bicyclic) bond motifs is 5. The average molecular weight is 409 g/mol. The molecule has 5 heteroatoms. The first-order valence-electron chi connectivity index (χ1n) is 11.4. The number of amides is 2. The molecule has 160 valence electrons. The zero-order chi connectivity index (χ0) is 21.3. The maximum atomic E-state index is 12.9. The molecule has 0 bridgehead atoms. The number of benzene rings is 1. The maximum Gasteiger partial charge on any atom is 0.250 e. The smallest absolute Gasteiger partial charge is 0.250 e. The van der Waals surface area contributed by atoms with E-state index in [-0.39, 0.29) is 40.4 Å². The summed E-state index contributed by atoms with van der Waals surface area (Å²) in [6, 6.07) is 7.10. The minimum atomic E-state index is -0.125. The summed E-state index contributed by atoms with van der Waals surface area (Å²) in [6.45, 7) is 4.63. The van der Waals surface area contributed by atoms with Gasteiger partial charge in [0.1, 0.15) is 5.75 Å². The summed E-state index contributed by atoms with van der Waals surface area (Å²) < 4.78 is 0. The van der Waals surface area contributed by atoms with Crippen molar-refractivity contribution in [3.8, 4) is 5.75 Å². The highest BCUT2D eigenvalue weighted by atomic mass is 16.3. The van der Waals surface area contributed by atoms with Crippen molar-refractivity contribution in [3.05, 3.63) is 36.4 Å². The van der Waals surface area contributed by atoms with E-state index in [0.717, 1.165) is 44.2 Å². The number of primary amides is 1. The van der Waals surface area contributed by atoms with Crippen molar-refractivity contribution >= 4 is 17.5 Å². The van der Waals surface area contributed by atoms with Gasteiger partial charge in [0.05, 0.1) is 0 Å². The second-order valence-corrected chi connectivity index (χ2v) is 10.5. The number of nitrogens with two attached hydrogens (primary N) is 1. The molecule has 1 aromatic rings. The SMILES string of the molecule is C[C@]12C=CC(=O)N(c3ccc(O)cc3)[C@@H]1CC[C@@H]1[C@@H]2CC[C@]2(C)[C@@H](C(N)=O)CC[C@@H]12. The maximum absolute atomic E-state index is 12.9. The fraction of sp³-hybridized carbons (Fsp3) is 0.600. The van der Waals surface area contributed by atoms with Crippen LogP contribution in [0.5, 0.6) is 5.75 Å². The van der Waals surface area contributed by atoms with Crippen LogP contribution in [0.4, 0.5) is 5.69 Å². The van der Waals surface area contributed by atoms with Gasteiger partial charge < -0.3 is 15.7 Å². The molecule has 5 nitrogen and oxygen atoms in total. The normalized spacial score (nSPS) is 42.4. The summed E-state index contributed by atoms with van der Waals surface area (Å²) in [5, 5.41) is 9.68. The van der Waals surface area contributed by atoms with Crippen LogP contribution in [0, 0.1) is 34.5 Å². The monoisotopic (exact) mass is 408 g/mol. The zero-order valence-corrected chi connectivity index (χ0v) is 17.9. The fourth-order valence-corrected chi connectivity index (χ4v) is 7.89. The summed E-state index contributed by atoms with van der Waals surface area (Å²) >= 11 is 0. The number of nitrogens with zero attached hydrogens (tertiary/aromatic N) is 1. The predicted molar refractivity (Wildman–Crippen MR) is 116 cm³/mol. The summed E-state index contributed by atoms with van der Waals surface area (Å²) in [5.41, 5.74) is 6.59. The molecular weight excluding hydrogens is 376 g/mol. The second-order valence-electron chi connectivity index (χ2n) is 10.5. The van der Waals surface area contributed by atoms with Crippen LogP contribution in [-0.4, -0.2) is 23.0 Å². The van der Waals surface area contributed by atoms with Crippen molar-refractivity contribution in [2.75, 3.05) is 4.90 Å². The van der Waals surface area contributed by atoms with Crippen LogP contribution in [0.3, 0.4) is 0 Å². The Labute approximate surface area is 178 Å². The van der Waals surface area contributed by atoms with Crippen LogP contribution >= 0.6 is 0 Å². The number of aromatic hydroxyl groups is 1. The lowest BCUT2D eigenvalue weighted by molar-refractivity contribution is -0.130. The molecule has 5 rings (SSSR count). The van der Waals surface area contributed by atoms with Crippen molar-refractivity contribution in [3.63, 3.8) is 0 Å². The minimum Gasteiger partial charge on any atom is -0.508 e. The Morgan fingerprint density at radius 3 is 2.50 bits per heavy atom. The molecule has 30 heavy (non-hydrogen) atoms. The summed E-state index contributed by atoms with van der Waals surface area (Å²) in [4.78, 5) is 27.0. The van der Waals surface area contributed by atoms with Gasteiger partial charge in [-0.05, 0) is 86.0 Å². The highest BCUT2D eigenvalue weighted by Crippen LogP contribution is 2.65. The van der Waals surface area contributed by atoms with Crippen LogP contribution in [0.2, 0.25) is 0 Å². The Morgan fingerprint density at radius 1 is 1.07 bits per heavy atom. The first-order chi connectivity index (χ1) is 14.3. The summed E-state index contributed by atoms with van der Waals surface area (Å²) in [5.74, 6) is 1.74. The standard InChI is InChI=1S/C25H32N2O3/c1-24-13-11-19-17(18(24)8-9-20(24)23(26)30)7-10-21-25(19,2)14-12-22(29)27(21)15-3-5-16(28)6-4-15/h3-6,12,14,17-21,28H,7-11,13H2,1-2H3,(H2,26,30)/t17-,18-,19-,20+,21+,24-,25+/m0/s1. The summed E-state index contributed by atoms with van der Waals surface area (Å²) in [7, 11) is 0. The van der Waals surface area contributed by atoms with Gasteiger partial charge in [-0.25, -0.2) is 0 Å². The van der Waals surface area contributed by atoms with E-state index >= 15 is 0 Å². The van der Waals surface area contributed by atoms with Gasteiger partial charge >= 0.3 is 0 Å². The Kier molecular flexibility index (Phi) is 4.32. The number of hydrogen-bond acceptors (Lipinski definition) is 3. The molecule has 0 spiro atoms. The van der Waals surface area contributed by atoms with Crippen LogP contribution in [0.15, 0.2) is 36.4 Å². The number of phenols is 1. The summed E-state index contributed by atoms with van der Waals surface area (Å²) in [6.07, 6.45) is 10.1. The van der Waals surface area contributed by atoms with E-state index in [0.29, 0.717) is 17.8 Å². The van der Waals surface area contributed by atoms with E-state index in [4.69, 9.17) is 5.73 Å². The molecule has 3 aliphatic carbocycles. The van der Waals surface area contributed by atoms with Gasteiger partial charge in [0, 0.05) is 29.1 Å². The molecule has 3 N–H and O–H groups in total. The topological polar surface area (TPSA) is 83.6 Å². The van der Waals surface area contributed by atoms with Gasteiger partial charge in [-0.2, -0.15) is 0 Å². The molecule has 0 radical (unpaired) electrons. The number of anilines is 1. The molecule has 4 aliphatic rings. The van der Waals surface area contributed by atoms with E-state index in [9.17, 15) is 14.7 Å². The van der Waals surface area contributed by atoms with Crippen LogP contribution < -0.4 is 10.6 Å². The molecule has 7 atom stereocenters. The largest absolute Gasteiger partial charge is 0.508 e. The molecule has 0 aromatic heterocycles. The molecule has 1 aliphatic heterocycles. The molecule has 0 unspecified atom stereocenters. The Morgan fingerprint density at radius 2 is 1.80 bits per heavy atom. The number of carbonyl (C=O) groups is 2. The van der Waals surface area contributed by atoms with E-state index in [1.807, 2.05) is 17.0 Å². The van der Waals surface area contributed by atoms with Gasteiger partial charge in [-0.1, -0.05) is 19.9 Å². The molecular formula is C25H32N2O3. The Hall–Kier alpha value is -2.30. The molecule has 1 heterocycles. The van der Waals surface area contributed by atoms with Gasteiger partial charge in [-0.3, -0.25) is 9.59 Å². The quantitative estimate of drug-likeness (QED) is 0.776. The number of rotatable bonds is 2. The highest BCUT2D eigenvalue weighted by molar-refractivity contribution is 6.03. The van der Waals surface area contributed by atoms with E-state index in [2.05, 4.69) is 19.9 Å². The number of hydrogen-bond donors (Lipinski definition) is 2. The van der Waals surface area contributed by atoms with Crippen molar-refractivity contribution in [1.29, 1.82) is 0 Å². The van der Waals surface area contributed by atoms with Crippen LogP contribution in [-0.2, 0) is 9.59 Å². The third-order valence-electron chi connectivity index (χ3n) is 9.33. The minimum absolute atomic E-state index is 0.00551. The van der Waals surface area contributed by atoms with Gasteiger partial charge in [0.15, 0.2) is 0 Å². The Bertz CT molecular complexity index is 909. The zero-order valence-electron chi connectivity index (χ0n) is 17.9. The van der Waals surface area contributed by atoms with Crippen LogP contribution in [0.1, 0.15) is 52.4 Å². The van der Waals surface area contributed by atoms with E-state index < -0.39 is 0 Å². The van der Waals surface area contributed by atoms with E-state index in [1.165, 1.54) is 0 Å². The van der Waals surface area contributed by atoms with E-state index in [1.54, 1.807) is 18.2 Å². The highest BCUT2D eigenvalue weighted by Gasteiger charge is 2.61. The molecule has 0 saturated heterocycles. The number of phenolic OH excluding ortho intramolecular Hbond substituents is 1. The second kappa shape index (κ2) is 6.60. The molecule has 1 aromatic carbocycles. The third kappa shape index (κ3) is 2.60. The van der Waals surface area contributed by atoms with Crippen molar-refractivity contribution in [1.82, 2.24) is 0 Å². The number of carbonyl (C=O) groups excluding carboxylic acids is 2. The van der Waals surface area contributed by atoms with Gasteiger partial charge in [0.25, 0.3) is 5.91 Å². The van der Waals surface area contributed by atoms with Crippen LogP contribution in [0.25, 0.3) is 0 Å². The molecule has 3 saturated carbocycles. The lowest BCUT2D eigenvalue weighted by Crippen LogP contribution is -2.61. The first kappa shape index (κ1) is 19.7. The van der Waals surface area contributed by atoms with Gasteiger partial charge in [-0.15, -0.1) is 0 Å².